The first-order valence-electron chi connectivity index (χ1n) is 7.79. The second-order valence-electron chi connectivity index (χ2n) is 6.26. The molecule has 2 heterocycles. The third-order valence-electron chi connectivity index (χ3n) is 4.67. The van der Waals surface area contributed by atoms with Crippen molar-refractivity contribution in [2.45, 2.75) is 58.7 Å². The van der Waals surface area contributed by atoms with Gasteiger partial charge in [-0.05, 0) is 56.7 Å². The molecule has 3 rings (SSSR count). The van der Waals surface area contributed by atoms with E-state index in [0.717, 1.165) is 43.1 Å². The van der Waals surface area contributed by atoms with Gasteiger partial charge in [0.15, 0.2) is 0 Å². The molecule has 3 heteroatoms. The third-order valence-corrected chi connectivity index (χ3v) is 4.67. The molecular weight excluding hydrogens is 236 g/mol. The molecule has 1 saturated carbocycles. The largest absolute Gasteiger partial charge is 0.463 e. The van der Waals surface area contributed by atoms with Gasteiger partial charge >= 0.3 is 0 Å². The van der Waals surface area contributed by atoms with Gasteiger partial charge in [0, 0.05) is 12.6 Å². The van der Waals surface area contributed by atoms with Crippen LogP contribution in [0.4, 0.5) is 0 Å². The van der Waals surface area contributed by atoms with Crippen LogP contribution >= 0.6 is 0 Å². The van der Waals surface area contributed by atoms with E-state index in [9.17, 15) is 0 Å². The lowest BCUT2D eigenvalue weighted by molar-refractivity contribution is 0.189. The first-order chi connectivity index (χ1) is 9.26. The molecule has 1 aromatic rings. The Morgan fingerprint density at radius 3 is 3.00 bits per heavy atom. The lowest BCUT2D eigenvalue weighted by Crippen LogP contribution is -2.31. The summed E-state index contributed by atoms with van der Waals surface area (Å²) in [6.07, 6.45) is 5.44. The molecule has 0 spiro atoms. The van der Waals surface area contributed by atoms with Crippen molar-refractivity contribution in [3.8, 4) is 0 Å². The summed E-state index contributed by atoms with van der Waals surface area (Å²) in [5.74, 6) is 3.23. The van der Waals surface area contributed by atoms with Crippen molar-refractivity contribution in [1.82, 2.24) is 10.2 Å². The Morgan fingerprint density at radius 1 is 1.42 bits per heavy atom. The van der Waals surface area contributed by atoms with Crippen LogP contribution in [0.3, 0.4) is 0 Å². The van der Waals surface area contributed by atoms with Crippen LogP contribution < -0.4 is 5.32 Å². The maximum absolute atomic E-state index is 6.03. The molecule has 106 valence electrons. The molecule has 1 aliphatic heterocycles. The zero-order valence-corrected chi connectivity index (χ0v) is 12.2. The molecule has 2 bridgehead atoms. The van der Waals surface area contributed by atoms with Gasteiger partial charge in [0.2, 0.25) is 0 Å². The fraction of sp³-hybridized carbons (Fsp3) is 0.750. The van der Waals surface area contributed by atoms with Crippen molar-refractivity contribution in [3.63, 3.8) is 0 Å². The van der Waals surface area contributed by atoms with Crippen molar-refractivity contribution in [1.29, 1.82) is 0 Å². The first kappa shape index (κ1) is 13.2. The van der Waals surface area contributed by atoms with Crippen LogP contribution in [0.1, 0.15) is 49.7 Å². The average Bonchev–Trinajstić information content (AvgIpc) is 3.07. The summed E-state index contributed by atoms with van der Waals surface area (Å²) in [5, 5.41) is 3.42. The van der Waals surface area contributed by atoms with Gasteiger partial charge in [-0.15, -0.1) is 0 Å². The van der Waals surface area contributed by atoms with Gasteiger partial charge in [0.25, 0.3) is 0 Å². The Labute approximate surface area is 116 Å². The molecule has 2 unspecified atom stereocenters. The summed E-state index contributed by atoms with van der Waals surface area (Å²) in [4.78, 5) is 2.62. The molecule has 1 aromatic heterocycles. The number of hydrogen-bond acceptors (Lipinski definition) is 3. The highest BCUT2D eigenvalue weighted by atomic mass is 16.3. The summed E-state index contributed by atoms with van der Waals surface area (Å²) in [6, 6.07) is 3.06. The molecule has 0 radical (unpaired) electrons. The van der Waals surface area contributed by atoms with Crippen molar-refractivity contribution < 1.29 is 4.42 Å². The smallest absolute Gasteiger partial charge is 0.120 e. The second-order valence-corrected chi connectivity index (χ2v) is 6.26. The summed E-state index contributed by atoms with van der Waals surface area (Å²) in [7, 11) is 0. The summed E-state index contributed by atoms with van der Waals surface area (Å²) in [6.45, 7) is 8.57. The Kier molecular flexibility index (Phi) is 3.94. The molecule has 2 aliphatic rings. The summed E-state index contributed by atoms with van der Waals surface area (Å²) < 4.78 is 6.03. The highest BCUT2D eigenvalue weighted by Crippen LogP contribution is 2.38. The number of fused-ring (bicyclic) bond motifs is 2. The predicted octanol–water partition coefficient (Wildman–Crippen LogP) is 3.07. The van der Waals surface area contributed by atoms with Gasteiger partial charge in [-0.25, -0.2) is 0 Å². The van der Waals surface area contributed by atoms with E-state index in [2.05, 4.69) is 30.1 Å². The van der Waals surface area contributed by atoms with E-state index in [1.807, 2.05) is 0 Å². The monoisotopic (exact) mass is 262 g/mol. The average molecular weight is 262 g/mol. The van der Waals surface area contributed by atoms with Crippen molar-refractivity contribution in [2.24, 2.45) is 5.92 Å². The standard InChI is InChI=1S/C16H26N2O/c1-3-6-17-9-16-12(2)7-15(19-16)11-18-10-13-4-5-14(18)8-13/h7,13-14,17H,3-6,8-11H2,1-2H3. The van der Waals surface area contributed by atoms with Gasteiger partial charge in [0.05, 0.1) is 13.1 Å². The molecular formula is C16H26N2O. The first-order valence-corrected chi connectivity index (χ1v) is 7.79. The van der Waals surface area contributed by atoms with Crippen LogP contribution in [-0.2, 0) is 13.1 Å². The fourth-order valence-electron chi connectivity index (χ4n) is 3.64. The van der Waals surface area contributed by atoms with Crippen LogP contribution in [0.25, 0.3) is 0 Å². The normalized spacial score (nSPS) is 26.4. The number of nitrogens with one attached hydrogen (secondary N) is 1. The van der Waals surface area contributed by atoms with E-state index in [-0.39, 0.29) is 0 Å². The van der Waals surface area contributed by atoms with Gasteiger partial charge in [-0.3, -0.25) is 4.90 Å². The summed E-state index contributed by atoms with van der Waals surface area (Å²) >= 11 is 0. The van der Waals surface area contributed by atoms with E-state index in [1.54, 1.807) is 0 Å². The summed E-state index contributed by atoms with van der Waals surface area (Å²) in [5.41, 5.74) is 1.29. The van der Waals surface area contributed by atoms with E-state index < -0.39 is 0 Å². The quantitative estimate of drug-likeness (QED) is 0.799. The third kappa shape index (κ3) is 2.87. The lowest BCUT2D eigenvalue weighted by Gasteiger charge is -2.25. The highest BCUT2D eigenvalue weighted by Gasteiger charge is 2.37. The Morgan fingerprint density at radius 2 is 2.32 bits per heavy atom. The lowest BCUT2D eigenvalue weighted by atomic mass is 10.1. The molecule has 1 saturated heterocycles. The fourth-order valence-corrected chi connectivity index (χ4v) is 3.64. The topological polar surface area (TPSA) is 28.4 Å². The number of hydrogen-bond donors (Lipinski definition) is 1. The van der Waals surface area contributed by atoms with Gasteiger partial charge in [-0.2, -0.15) is 0 Å². The zero-order chi connectivity index (χ0) is 13.2. The molecule has 2 fully saturated rings. The molecule has 3 nitrogen and oxygen atoms in total. The van der Waals surface area contributed by atoms with Crippen LogP contribution in [0.5, 0.6) is 0 Å². The van der Waals surface area contributed by atoms with Gasteiger partial charge in [0.1, 0.15) is 11.5 Å². The molecule has 19 heavy (non-hydrogen) atoms. The van der Waals surface area contributed by atoms with Crippen molar-refractivity contribution in [2.75, 3.05) is 13.1 Å². The van der Waals surface area contributed by atoms with E-state index in [1.165, 1.54) is 37.8 Å². The predicted molar refractivity (Wildman–Crippen MR) is 77.0 cm³/mol. The number of piperidine rings is 1. The molecule has 1 aliphatic carbocycles. The number of likely N-dealkylation sites (tertiary alicyclic amines) is 1. The van der Waals surface area contributed by atoms with Gasteiger partial charge in [-0.1, -0.05) is 6.92 Å². The van der Waals surface area contributed by atoms with Crippen molar-refractivity contribution >= 4 is 0 Å². The SMILES string of the molecule is CCCNCc1oc(CN2CC3CCC2C3)cc1C. The maximum Gasteiger partial charge on any atom is 0.120 e. The van der Waals surface area contributed by atoms with E-state index in [0.29, 0.717) is 0 Å². The van der Waals surface area contributed by atoms with Crippen LogP contribution in [0, 0.1) is 12.8 Å². The number of rotatable bonds is 6. The van der Waals surface area contributed by atoms with Crippen LogP contribution in [-0.4, -0.2) is 24.0 Å². The van der Waals surface area contributed by atoms with Crippen molar-refractivity contribution in [3.05, 3.63) is 23.2 Å². The second kappa shape index (κ2) is 5.68. The zero-order valence-electron chi connectivity index (χ0n) is 12.2. The highest BCUT2D eigenvalue weighted by molar-refractivity contribution is 5.20. The number of aryl methyl sites for hydroxylation is 1. The minimum Gasteiger partial charge on any atom is -0.463 e. The maximum atomic E-state index is 6.03. The molecule has 0 amide bonds. The molecule has 0 aromatic carbocycles. The molecule has 2 atom stereocenters. The Bertz CT molecular complexity index is 426. The number of nitrogens with zero attached hydrogens (tertiary/aromatic N) is 1. The number of furan rings is 1. The van der Waals surface area contributed by atoms with Crippen LogP contribution in [0.15, 0.2) is 10.5 Å². The van der Waals surface area contributed by atoms with E-state index in [4.69, 9.17) is 4.42 Å². The van der Waals surface area contributed by atoms with Gasteiger partial charge < -0.3 is 9.73 Å². The van der Waals surface area contributed by atoms with E-state index >= 15 is 0 Å². The molecule has 1 N–H and O–H groups in total. The minimum absolute atomic E-state index is 0.831. The van der Waals surface area contributed by atoms with Crippen LogP contribution in [0.2, 0.25) is 0 Å². The minimum atomic E-state index is 0.831. The Hall–Kier alpha value is -0.800. The Balaban J connectivity index is 1.57.